The predicted molar refractivity (Wildman–Crippen MR) is 127 cm³/mol. The summed E-state index contributed by atoms with van der Waals surface area (Å²) < 4.78 is 2.26. The van der Waals surface area contributed by atoms with Crippen LogP contribution in [0.1, 0.15) is 52.0 Å². The molecule has 1 aliphatic carbocycles. The number of halogens is 1. The molecule has 1 aromatic heterocycles. The monoisotopic (exact) mass is 502 g/mol. The third kappa shape index (κ3) is 5.20. The first-order valence-electron chi connectivity index (χ1n) is 10.6. The lowest BCUT2D eigenvalue weighted by molar-refractivity contribution is 0.0782. The molecule has 7 heteroatoms. The fourth-order valence-corrected chi connectivity index (χ4v) is 5.03. The summed E-state index contributed by atoms with van der Waals surface area (Å²) in [6.45, 7) is 7.77. The van der Waals surface area contributed by atoms with Crippen molar-refractivity contribution >= 4 is 29.9 Å². The lowest BCUT2D eigenvalue weighted by Gasteiger charge is -2.46. The molecule has 2 heterocycles. The Balaban J connectivity index is 0.00000280. The lowest BCUT2D eigenvalue weighted by atomic mass is 9.75. The molecule has 28 heavy (non-hydrogen) atoms. The quantitative estimate of drug-likeness (QED) is 0.389. The molecule has 1 aromatic rings. The van der Waals surface area contributed by atoms with Crippen LogP contribution in [0.3, 0.4) is 0 Å². The van der Waals surface area contributed by atoms with Gasteiger partial charge in [-0.15, -0.1) is 24.0 Å². The number of imidazole rings is 1. The number of nitrogens with zero attached hydrogens (tertiary/aromatic N) is 5. The van der Waals surface area contributed by atoms with E-state index in [1.807, 2.05) is 19.6 Å². The highest BCUT2D eigenvalue weighted by Gasteiger charge is 2.37. The minimum absolute atomic E-state index is 0. The molecule has 0 bridgehead atoms. The first-order chi connectivity index (χ1) is 12.9. The summed E-state index contributed by atoms with van der Waals surface area (Å²) >= 11 is 0. The van der Waals surface area contributed by atoms with E-state index >= 15 is 0 Å². The third-order valence-electron chi connectivity index (χ3n) is 6.93. The van der Waals surface area contributed by atoms with Gasteiger partial charge >= 0.3 is 0 Å². The number of likely N-dealkylation sites (N-methyl/N-ethyl adjacent to an activating group) is 1. The minimum atomic E-state index is 0. The molecule has 4 atom stereocenters. The van der Waals surface area contributed by atoms with Crippen LogP contribution in [0.15, 0.2) is 23.7 Å². The Morgan fingerprint density at radius 2 is 2.11 bits per heavy atom. The topological polar surface area (TPSA) is 48.7 Å². The number of rotatable bonds is 4. The van der Waals surface area contributed by atoms with Crippen molar-refractivity contribution in [1.29, 1.82) is 0 Å². The van der Waals surface area contributed by atoms with Crippen LogP contribution in [0.25, 0.3) is 0 Å². The molecular weight excluding hydrogens is 463 g/mol. The molecule has 4 unspecified atom stereocenters. The Morgan fingerprint density at radius 1 is 1.32 bits per heavy atom. The lowest BCUT2D eigenvalue weighted by Crippen LogP contribution is -2.58. The van der Waals surface area contributed by atoms with Gasteiger partial charge in [0.1, 0.15) is 0 Å². The van der Waals surface area contributed by atoms with E-state index in [4.69, 9.17) is 0 Å². The zero-order valence-corrected chi connectivity index (χ0v) is 20.6. The average molecular weight is 502 g/mol. The number of hydrogen-bond acceptors (Lipinski definition) is 3. The summed E-state index contributed by atoms with van der Waals surface area (Å²) in [5.41, 5.74) is 0.237. The zero-order chi connectivity index (χ0) is 19.4. The largest absolute Gasteiger partial charge is 0.354 e. The van der Waals surface area contributed by atoms with Crippen LogP contribution in [-0.4, -0.2) is 71.6 Å². The van der Waals surface area contributed by atoms with E-state index in [0.717, 1.165) is 31.5 Å². The molecule has 1 saturated heterocycles. The average Bonchev–Trinajstić information content (AvgIpc) is 3.17. The van der Waals surface area contributed by atoms with E-state index in [-0.39, 0.29) is 29.5 Å². The van der Waals surface area contributed by atoms with Gasteiger partial charge in [-0.2, -0.15) is 0 Å². The maximum Gasteiger partial charge on any atom is 0.193 e. The maximum atomic E-state index is 4.63. The van der Waals surface area contributed by atoms with Gasteiger partial charge in [-0.25, -0.2) is 4.98 Å². The van der Waals surface area contributed by atoms with Gasteiger partial charge in [0.15, 0.2) is 5.96 Å². The molecule has 1 N–H and O–H groups in total. The molecule has 0 spiro atoms. The number of piperidine rings is 1. The van der Waals surface area contributed by atoms with Crippen molar-refractivity contribution in [3.8, 4) is 0 Å². The van der Waals surface area contributed by atoms with Crippen LogP contribution in [-0.2, 0) is 0 Å². The highest BCUT2D eigenvalue weighted by molar-refractivity contribution is 14.0. The SMILES string of the molecule is CN=C(NCC1(N(C)C)CCCC(C)C1)N1CCC(C)C(n2ccnc2)C1.I. The summed E-state index contributed by atoms with van der Waals surface area (Å²) in [6, 6.07) is 0.456. The van der Waals surface area contributed by atoms with Gasteiger partial charge in [-0.1, -0.05) is 26.7 Å². The molecule has 1 saturated carbocycles. The van der Waals surface area contributed by atoms with E-state index < -0.39 is 0 Å². The van der Waals surface area contributed by atoms with E-state index in [9.17, 15) is 0 Å². The molecule has 3 rings (SSSR count). The Bertz CT molecular complexity index is 616. The maximum absolute atomic E-state index is 4.63. The number of guanidine groups is 1. The van der Waals surface area contributed by atoms with Crippen molar-refractivity contribution in [3.63, 3.8) is 0 Å². The number of aliphatic imine (C=N–C) groups is 1. The zero-order valence-electron chi connectivity index (χ0n) is 18.3. The molecule has 6 nitrogen and oxygen atoms in total. The van der Waals surface area contributed by atoms with Crippen LogP contribution < -0.4 is 5.32 Å². The molecule has 0 aromatic carbocycles. The van der Waals surface area contributed by atoms with Crippen LogP contribution >= 0.6 is 24.0 Å². The normalized spacial score (nSPS) is 31.6. The summed E-state index contributed by atoms with van der Waals surface area (Å²) in [6.07, 6.45) is 12.3. The molecule has 160 valence electrons. The second-order valence-corrected chi connectivity index (χ2v) is 9.01. The number of aromatic nitrogens is 2. The smallest absolute Gasteiger partial charge is 0.193 e. The standard InChI is InChI=1S/C21H38N6.HI/c1-17-7-6-9-21(13-17,25(4)5)15-24-20(22-3)26-11-8-18(2)19(14-26)27-12-10-23-16-27;/h10,12,16-19H,6-9,11,13-15H2,1-5H3,(H,22,24);1H. The van der Waals surface area contributed by atoms with E-state index in [1.165, 1.54) is 32.1 Å². The van der Waals surface area contributed by atoms with E-state index in [2.05, 4.69) is 63.8 Å². The first kappa shape index (κ1) is 23.4. The molecule has 0 amide bonds. The molecular formula is C21H39IN6. The van der Waals surface area contributed by atoms with Gasteiger partial charge in [0.05, 0.1) is 12.4 Å². The Hall–Kier alpha value is -0.830. The third-order valence-corrected chi connectivity index (χ3v) is 6.93. The van der Waals surface area contributed by atoms with Crippen molar-refractivity contribution in [3.05, 3.63) is 18.7 Å². The Labute approximate surface area is 188 Å². The van der Waals surface area contributed by atoms with Crippen molar-refractivity contribution in [1.82, 2.24) is 24.7 Å². The highest BCUT2D eigenvalue weighted by atomic mass is 127. The van der Waals surface area contributed by atoms with Crippen LogP contribution in [0.5, 0.6) is 0 Å². The first-order valence-corrected chi connectivity index (χ1v) is 10.6. The van der Waals surface area contributed by atoms with E-state index in [0.29, 0.717) is 12.0 Å². The minimum Gasteiger partial charge on any atom is -0.354 e. The predicted octanol–water partition coefficient (Wildman–Crippen LogP) is 3.47. The molecule has 0 radical (unpaired) electrons. The van der Waals surface area contributed by atoms with Gasteiger partial charge in [0, 0.05) is 44.6 Å². The summed E-state index contributed by atoms with van der Waals surface area (Å²) in [5.74, 6) is 2.50. The second kappa shape index (κ2) is 10.3. The Kier molecular flexibility index (Phi) is 8.60. The summed E-state index contributed by atoms with van der Waals surface area (Å²) in [7, 11) is 6.39. The van der Waals surface area contributed by atoms with Gasteiger partial charge in [0.2, 0.25) is 0 Å². The van der Waals surface area contributed by atoms with Crippen LogP contribution in [0.2, 0.25) is 0 Å². The molecule has 2 aliphatic rings. The fourth-order valence-electron chi connectivity index (χ4n) is 5.03. The van der Waals surface area contributed by atoms with Crippen molar-refractivity contribution in [2.75, 3.05) is 40.8 Å². The van der Waals surface area contributed by atoms with Gasteiger partial charge in [0.25, 0.3) is 0 Å². The van der Waals surface area contributed by atoms with Crippen LogP contribution in [0, 0.1) is 11.8 Å². The van der Waals surface area contributed by atoms with Crippen molar-refractivity contribution in [2.24, 2.45) is 16.8 Å². The number of hydrogen-bond donors (Lipinski definition) is 1. The van der Waals surface area contributed by atoms with Gasteiger partial charge < -0.3 is 19.7 Å². The number of likely N-dealkylation sites (tertiary alicyclic amines) is 1. The van der Waals surface area contributed by atoms with Gasteiger partial charge in [-0.05, 0) is 45.2 Å². The second-order valence-electron chi connectivity index (χ2n) is 9.01. The van der Waals surface area contributed by atoms with Crippen LogP contribution in [0.4, 0.5) is 0 Å². The fraction of sp³-hybridized carbons (Fsp3) is 0.810. The molecule has 1 aliphatic heterocycles. The van der Waals surface area contributed by atoms with Gasteiger partial charge in [-0.3, -0.25) is 4.99 Å². The highest BCUT2D eigenvalue weighted by Crippen LogP contribution is 2.35. The van der Waals surface area contributed by atoms with Crippen molar-refractivity contribution < 1.29 is 0 Å². The summed E-state index contributed by atoms with van der Waals surface area (Å²) in [5, 5.41) is 3.74. The summed E-state index contributed by atoms with van der Waals surface area (Å²) in [4.78, 5) is 13.8. The Morgan fingerprint density at radius 3 is 2.71 bits per heavy atom. The molecule has 2 fully saturated rings. The number of nitrogens with one attached hydrogen (secondary N) is 1. The van der Waals surface area contributed by atoms with Crippen molar-refractivity contribution in [2.45, 2.75) is 57.5 Å². The van der Waals surface area contributed by atoms with E-state index in [1.54, 1.807) is 0 Å².